The summed E-state index contributed by atoms with van der Waals surface area (Å²) < 4.78 is 1.98. The van der Waals surface area contributed by atoms with E-state index in [-0.39, 0.29) is 0 Å². The fourth-order valence-electron chi connectivity index (χ4n) is 4.59. The highest BCUT2D eigenvalue weighted by Crippen LogP contribution is 2.31. The Morgan fingerprint density at radius 2 is 1.32 bits per heavy atom. The molecule has 3 aromatic carbocycles. The van der Waals surface area contributed by atoms with Crippen LogP contribution in [0.2, 0.25) is 5.02 Å². The summed E-state index contributed by atoms with van der Waals surface area (Å²) in [5.41, 5.74) is 6.22. The maximum absolute atomic E-state index is 6.13. The van der Waals surface area contributed by atoms with Gasteiger partial charge in [0.1, 0.15) is 5.82 Å². The molecule has 0 amide bonds. The van der Waals surface area contributed by atoms with E-state index in [1.165, 1.54) is 5.69 Å². The first-order chi connectivity index (χ1) is 16.8. The van der Waals surface area contributed by atoms with Crippen LogP contribution < -0.4 is 9.80 Å². The van der Waals surface area contributed by atoms with Crippen molar-refractivity contribution >= 4 is 28.8 Å². The van der Waals surface area contributed by atoms with Crippen LogP contribution in [0.15, 0.2) is 97.2 Å². The van der Waals surface area contributed by atoms with E-state index in [1.54, 1.807) is 0 Å². The van der Waals surface area contributed by atoms with Crippen molar-refractivity contribution in [2.24, 2.45) is 0 Å². The van der Waals surface area contributed by atoms with Crippen LogP contribution >= 0.6 is 11.6 Å². The standard InChI is InChI=1S/C28H24ClN5/c29-23-13-11-21(12-14-23)25-20-30-34-27(19-26(31-28(25)34)22-7-3-1-4-8-22)33-17-15-32(16-18-33)24-9-5-2-6-10-24/h1-14,19-20H,15-18H2. The third-order valence-electron chi connectivity index (χ3n) is 6.40. The molecule has 6 rings (SSSR count). The van der Waals surface area contributed by atoms with Crippen LogP contribution in [0, 0.1) is 0 Å². The minimum atomic E-state index is 0.718. The number of fused-ring (bicyclic) bond motifs is 1. The number of anilines is 2. The summed E-state index contributed by atoms with van der Waals surface area (Å²) in [5, 5.41) is 5.49. The van der Waals surface area contributed by atoms with Crippen molar-refractivity contribution < 1.29 is 0 Å². The smallest absolute Gasteiger partial charge is 0.165 e. The van der Waals surface area contributed by atoms with Crippen molar-refractivity contribution in [2.45, 2.75) is 0 Å². The zero-order chi connectivity index (χ0) is 22.9. The van der Waals surface area contributed by atoms with Crippen molar-refractivity contribution in [2.75, 3.05) is 36.0 Å². The minimum Gasteiger partial charge on any atom is -0.368 e. The van der Waals surface area contributed by atoms with Gasteiger partial charge in [0.05, 0.1) is 11.9 Å². The summed E-state index contributed by atoms with van der Waals surface area (Å²) in [6.45, 7) is 3.75. The molecule has 0 bridgehead atoms. The monoisotopic (exact) mass is 465 g/mol. The number of halogens is 1. The number of nitrogens with zero attached hydrogens (tertiary/aromatic N) is 5. The summed E-state index contributed by atoms with van der Waals surface area (Å²) in [5.74, 6) is 1.07. The van der Waals surface area contributed by atoms with E-state index in [0.29, 0.717) is 0 Å². The second-order valence-electron chi connectivity index (χ2n) is 8.48. The fraction of sp³-hybridized carbons (Fsp3) is 0.143. The third-order valence-corrected chi connectivity index (χ3v) is 6.65. The van der Waals surface area contributed by atoms with Gasteiger partial charge in [0, 0.05) is 54.1 Å². The van der Waals surface area contributed by atoms with Gasteiger partial charge in [-0.2, -0.15) is 9.61 Å². The van der Waals surface area contributed by atoms with Crippen LogP contribution in [0.25, 0.3) is 28.0 Å². The van der Waals surface area contributed by atoms with Gasteiger partial charge in [-0.3, -0.25) is 0 Å². The summed E-state index contributed by atoms with van der Waals surface area (Å²) in [7, 11) is 0. The zero-order valence-corrected chi connectivity index (χ0v) is 19.4. The molecular weight excluding hydrogens is 442 g/mol. The van der Waals surface area contributed by atoms with Gasteiger partial charge in [-0.05, 0) is 29.8 Å². The lowest BCUT2D eigenvalue weighted by molar-refractivity contribution is 0.639. The zero-order valence-electron chi connectivity index (χ0n) is 18.7. The largest absolute Gasteiger partial charge is 0.368 e. The molecule has 0 aliphatic carbocycles. The van der Waals surface area contributed by atoms with E-state index < -0.39 is 0 Å². The molecule has 6 heteroatoms. The van der Waals surface area contributed by atoms with Gasteiger partial charge in [-0.1, -0.05) is 72.3 Å². The highest BCUT2D eigenvalue weighted by molar-refractivity contribution is 6.30. The maximum atomic E-state index is 6.13. The summed E-state index contributed by atoms with van der Waals surface area (Å²) in [6.07, 6.45) is 1.91. The molecule has 0 unspecified atom stereocenters. The Bertz CT molecular complexity index is 1410. The van der Waals surface area contributed by atoms with E-state index in [4.69, 9.17) is 21.7 Å². The van der Waals surface area contributed by atoms with Gasteiger partial charge in [0.15, 0.2) is 5.65 Å². The molecule has 1 saturated heterocycles. The quantitative estimate of drug-likeness (QED) is 0.324. The number of para-hydroxylation sites is 1. The molecule has 1 aliphatic heterocycles. The second kappa shape index (κ2) is 8.84. The van der Waals surface area contributed by atoms with Crippen LogP contribution in [0.5, 0.6) is 0 Å². The van der Waals surface area contributed by atoms with Crippen molar-refractivity contribution in [3.8, 4) is 22.4 Å². The third kappa shape index (κ3) is 3.88. The van der Waals surface area contributed by atoms with E-state index in [1.807, 2.05) is 41.0 Å². The van der Waals surface area contributed by atoms with Crippen LogP contribution in [-0.2, 0) is 0 Å². The molecule has 0 saturated carbocycles. The van der Waals surface area contributed by atoms with E-state index >= 15 is 0 Å². The molecule has 0 radical (unpaired) electrons. The average Bonchev–Trinajstić information content (AvgIpc) is 3.34. The van der Waals surface area contributed by atoms with E-state index in [0.717, 1.165) is 65.1 Å². The van der Waals surface area contributed by atoms with Gasteiger partial charge in [0.25, 0.3) is 0 Å². The first kappa shape index (κ1) is 20.8. The molecule has 1 fully saturated rings. The number of hydrogen-bond acceptors (Lipinski definition) is 4. The highest BCUT2D eigenvalue weighted by Gasteiger charge is 2.22. The first-order valence-corrected chi connectivity index (χ1v) is 11.9. The predicted molar refractivity (Wildman–Crippen MR) is 140 cm³/mol. The molecule has 5 nitrogen and oxygen atoms in total. The van der Waals surface area contributed by atoms with Gasteiger partial charge in [-0.15, -0.1) is 0 Å². The Morgan fingerprint density at radius 3 is 2.03 bits per heavy atom. The molecule has 168 valence electrons. The van der Waals surface area contributed by atoms with Crippen molar-refractivity contribution in [3.63, 3.8) is 0 Å². The van der Waals surface area contributed by atoms with Crippen LogP contribution in [0.3, 0.4) is 0 Å². The summed E-state index contributed by atoms with van der Waals surface area (Å²) in [4.78, 5) is 9.91. The molecule has 0 N–H and O–H groups in total. The maximum Gasteiger partial charge on any atom is 0.165 e. The fourth-order valence-corrected chi connectivity index (χ4v) is 4.72. The highest BCUT2D eigenvalue weighted by atomic mass is 35.5. The summed E-state index contributed by atoms with van der Waals surface area (Å²) >= 11 is 6.13. The lowest BCUT2D eigenvalue weighted by Gasteiger charge is -2.37. The van der Waals surface area contributed by atoms with Gasteiger partial charge in [-0.25, -0.2) is 4.98 Å². The Labute approximate surface area is 203 Å². The molecule has 0 atom stereocenters. The van der Waals surface area contributed by atoms with Gasteiger partial charge in [0.2, 0.25) is 0 Å². The van der Waals surface area contributed by atoms with E-state index in [9.17, 15) is 0 Å². The predicted octanol–water partition coefficient (Wildman–Crippen LogP) is 6.04. The second-order valence-corrected chi connectivity index (χ2v) is 8.91. The van der Waals surface area contributed by atoms with E-state index in [2.05, 4.69) is 70.5 Å². The number of piperazine rings is 1. The Morgan fingerprint density at radius 1 is 0.676 bits per heavy atom. The Balaban J connectivity index is 1.41. The Hall–Kier alpha value is -3.83. The molecule has 34 heavy (non-hydrogen) atoms. The van der Waals surface area contributed by atoms with Gasteiger partial charge >= 0.3 is 0 Å². The van der Waals surface area contributed by atoms with Crippen LogP contribution in [0.1, 0.15) is 0 Å². The molecule has 5 aromatic rings. The van der Waals surface area contributed by atoms with Crippen molar-refractivity contribution in [1.29, 1.82) is 0 Å². The number of hydrogen-bond donors (Lipinski definition) is 0. The van der Waals surface area contributed by atoms with Gasteiger partial charge < -0.3 is 9.80 Å². The van der Waals surface area contributed by atoms with Crippen LogP contribution in [0.4, 0.5) is 11.5 Å². The number of aromatic nitrogens is 3. The molecule has 1 aliphatic rings. The van der Waals surface area contributed by atoms with Crippen molar-refractivity contribution in [3.05, 3.63) is 102 Å². The lowest BCUT2D eigenvalue weighted by Crippen LogP contribution is -2.47. The molecule has 0 spiro atoms. The molecule has 2 aromatic heterocycles. The van der Waals surface area contributed by atoms with Crippen LogP contribution in [-0.4, -0.2) is 40.8 Å². The molecule has 3 heterocycles. The molecular formula is C28H24ClN5. The number of benzene rings is 3. The Kier molecular flexibility index (Phi) is 5.40. The SMILES string of the molecule is Clc1ccc(-c2cnn3c(N4CCN(c5ccccc5)CC4)cc(-c4ccccc4)nc23)cc1. The topological polar surface area (TPSA) is 36.7 Å². The lowest BCUT2D eigenvalue weighted by atomic mass is 10.1. The summed E-state index contributed by atoms with van der Waals surface area (Å²) in [6, 6.07) is 31.0. The minimum absolute atomic E-state index is 0.718. The normalized spacial score (nSPS) is 14.0. The number of rotatable bonds is 4. The van der Waals surface area contributed by atoms with Crippen molar-refractivity contribution in [1.82, 2.24) is 14.6 Å². The average molecular weight is 466 g/mol. The first-order valence-electron chi connectivity index (χ1n) is 11.5.